The molecular weight excluding hydrogens is 499 g/mol. The maximum Gasteiger partial charge on any atom is 0.243 e. The summed E-state index contributed by atoms with van der Waals surface area (Å²) in [5, 5.41) is 7.58. The molecule has 2 aromatic carbocycles. The minimum atomic E-state index is -1.45. The Morgan fingerprint density at radius 1 is 1.10 bits per heavy atom. The fourth-order valence-corrected chi connectivity index (χ4v) is 5.72. The number of amides is 2. The van der Waals surface area contributed by atoms with Crippen LogP contribution in [0.3, 0.4) is 0 Å². The Kier molecular flexibility index (Phi) is 4.96. The summed E-state index contributed by atoms with van der Waals surface area (Å²) in [5.41, 5.74) is 2.52. The van der Waals surface area contributed by atoms with Gasteiger partial charge in [-0.3, -0.25) is 9.59 Å². The van der Waals surface area contributed by atoms with E-state index in [9.17, 15) is 14.0 Å². The van der Waals surface area contributed by atoms with Gasteiger partial charge in [0.25, 0.3) is 0 Å². The highest BCUT2D eigenvalue weighted by Crippen LogP contribution is 2.53. The maximum atomic E-state index is 14.7. The van der Waals surface area contributed by atoms with Gasteiger partial charge in [0.2, 0.25) is 11.8 Å². The van der Waals surface area contributed by atoms with Crippen LogP contribution in [0, 0.1) is 12.7 Å². The van der Waals surface area contributed by atoms with Crippen molar-refractivity contribution in [2.45, 2.75) is 18.8 Å². The molecule has 0 saturated carbocycles. The molecule has 1 spiro atoms. The van der Waals surface area contributed by atoms with Gasteiger partial charge in [0.1, 0.15) is 28.9 Å². The summed E-state index contributed by atoms with van der Waals surface area (Å²) in [7, 11) is 0. The van der Waals surface area contributed by atoms with Gasteiger partial charge >= 0.3 is 0 Å². The third-order valence-electron chi connectivity index (χ3n) is 7.29. The summed E-state index contributed by atoms with van der Waals surface area (Å²) in [6.45, 7) is 2.02. The van der Waals surface area contributed by atoms with Crippen LogP contribution in [-0.4, -0.2) is 48.1 Å². The average molecular weight is 521 g/mol. The average Bonchev–Trinajstić information content (AvgIpc) is 3.60. The van der Waals surface area contributed by atoms with Crippen LogP contribution in [0.15, 0.2) is 67.3 Å². The number of anilines is 2. The topological polar surface area (TPSA) is 122 Å². The van der Waals surface area contributed by atoms with Crippen molar-refractivity contribution >= 4 is 40.6 Å². The summed E-state index contributed by atoms with van der Waals surface area (Å²) in [6.07, 6.45) is 6.48. The molecule has 0 aliphatic carbocycles. The zero-order valence-corrected chi connectivity index (χ0v) is 20.7. The van der Waals surface area contributed by atoms with E-state index in [1.807, 2.05) is 42.5 Å². The van der Waals surface area contributed by atoms with E-state index in [4.69, 9.17) is 0 Å². The van der Waals surface area contributed by atoms with Gasteiger partial charge in [0.05, 0.1) is 12.0 Å². The number of hydrogen-bond acceptors (Lipinski definition) is 6. The van der Waals surface area contributed by atoms with Crippen LogP contribution in [0.1, 0.15) is 28.8 Å². The molecule has 2 amide bonds. The predicted octanol–water partition coefficient (Wildman–Crippen LogP) is 3.67. The fraction of sp³-hybridized carbons (Fsp3) is 0.143. The molecule has 2 N–H and O–H groups in total. The minimum Gasteiger partial charge on any atom is -0.340 e. The van der Waals surface area contributed by atoms with Crippen LogP contribution in [0.5, 0.6) is 0 Å². The van der Waals surface area contributed by atoms with Crippen LogP contribution in [0.2, 0.25) is 0 Å². The quantitative estimate of drug-likeness (QED) is 0.373. The summed E-state index contributed by atoms with van der Waals surface area (Å²) in [5.74, 6) is -0.511. The number of carbonyl (C=O) groups excluding carboxylic acids is 2. The number of halogens is 1. The maximum absolute atomic E-state index is 14.7. The molecule has 0 fully saturated rings. The van der Waals surface area contributed by atoms with Crippen molar-refractivity contribution < 1.29 is 14.0 Å². The van der Waals surface area contributed by atoms with E-state index in [1.165, 1.54) is 29.5 Å². The van der Waals surface area contributed by atoms with E-state index in [0.717, 1.165) is 5.56 Å². The lowest BCUT2D eigenvalue weighted by Crippen LogP contribution is -2.47. The molecule has 3 aromatic heterocycles. The molecule has 11 heteroatoms. The first-order chi connectivity index (χ1) is 19.0. The second kappa shape index (κ2) is 8.42. The molecule has 2 aliphatic heterocycles. The first kappa shape index (κ1) is 23.0. The van der Waals surface area contributed by atoms with E-state index in [1.54, 1.807) is 17.9 Å². The second-order valence-corrected chi connectivity index (χ2v) is 9.54. The van der Waals surface area contributed by atoms with Crippen molar-refractivity contribution in [2.75, 3.05) is 16.8 Å². The molecule has 5 heterocycles. The summed E-state index contributed by atoms with van der Waals surface area (Å²) >= 11 is 0. The highest BCUT2D eigenvalue weighted by Gasteiger charge is 2.58. The van der Waals surface area contributed by atoms with Crippen molar-refractivity contribution in [3.05, 3.63) is 95.5 Å². The zero-order valence-electron chi connectivity index (χ0n) is 20.7. The number of H-pyrrole nitrogens is 1. The highest BCUT2D eigenvalue weighted by molar-refractivity contribution is 6.16. The number of aryl methyl sites for hydroxylation is 1. The van der Waals surface area contributed by atoms with E-state index >= 15 is 0 Å². The van der Waals surface area contributed by atoms with Crippen molar-refractivity contribution in [3.8, 4) is 5.82 Å². The number of hydrogen-bond donors (Lipinski definition) is 2. The van der Waals surface area contributed by atoms with Crippen LogP contribution < -0.4 is 10.2 Å². The summed E-state index contributed by atoms with van der Waals surface area (Å²) in [6, 6.07) is 14.0. The normalized spacial score (nSPS) is 18.3. The Labute approximate surface area is 221 Å². The van der Waals surface area contributed by atoms with Crippen LogP contribution >= 0.6 is 0 Å². The Balaban J connectivity index is 1.40. The van der Waals surface area contributed by atoms with E-state index < -0.39 is 11.2 Å². The van der Waals surface area contributed by atoms with Gasteiger partial charge in [-0.25, -0.2) is 19.3 Å². The lowest BCUT2D eigenvalue weighted by atomic mass is 9.70. The number of carbonyl (C=O) groups is 2. The third kappa shape index (κ3) is 3.32. The van der Waals surface area contributed by atoms with Crippen molar-refractivity contribution in [1.29, 1.82) is 0 Å². The fourth-order valence-electron chi connectivity index (χ4n) is 5.72. The molecule has 1 atom stereocenters. The SMILES string of the molecule is Cc1nn(-c2ncnc3nc[nH]c23)c2c1[C@]1(CC(=O)N2)C(=O)N(C/C=C/c2ccccc2)c2ccc(F)cc21. The molecule has 2 aliphatic rings. The van der Waals surface area contributed by atoms with Crippen LogP contribution in [-0.2, 0) is 15.0 Å². The van der Waals surface area contributed by atoms with E-state index in [0.29, 0.717) is 45.3 Å². The standard InChI is InChI=1S/C28H21FN8O2/c1-16-22-25(37(35-16)26-23-24(31-14-30-23)32-15-33-26)34-21(38)13-28(22)19-12-18(29)9-10-20(19)36(27(28)39)11-5-8-17-6-3-2-4-7-17/h2-10,12,14-15H,11,13H2,1H3,(H,34,38)(H,30,31,32,33)/b8-5+/t28-/m1/s1. The first-order valence-electron chi connectivity index (χ1n) is 12.4. The van der Waals surface area contributed by atoms with Gasteiger partial charge in [0, 0.05) is 24.2 Å². The van der Waals surface area contributed by atoms with Crippen molar-refractivity contribution in [1.82, 2.24) is 29.7 Å². The minimum absolute atomic E-state index is 0.177. The number of nitrogens with zero attached hydrogens (tertiary/aromatic N) is 6. The van der Waals surface area contributed by atoms with E-state index in [-0.39, 0.29) is 24.8 Å². The molecule has 5 aromatic rings. The van der Waals surface area contributed by atoms with Gasteiger partial charge in [-0.1, -0.05) is 42.5 Å². The molecule has 7 rings (SSSR count). The third-order valence-corrected chi connectivity index (χ3v) is 7.29. The van der Waals surface area contributed by atoms with E-state index in [2.05, 4.69) is 30.4 Å². The van der Waals surface area contributed by atoms with Gasteiger partial charge in [-0.05, 0) is 36.2 Å². The predicted molar refractivity (Wildman–Crippen MR) is 142 cm³/mol. The molecule has 39 heavy (non-hydrogen) atoms. The zero-order chi connectivity index (χ0) is 26.7. The monoisotopic (exact) mass is 520 g/mol. The Hall–Kier alpha value is -5.19. The Morgan fingerprint density at radius 3 is 2.79 bits per heavy atom. The number of aromatic nitrogens is 6. The van der Waals surface area contributed by atoms with Crippen molar-refractivity contribution in [2.24, 2.45) is 0 Å². The van der Waals surface area contributed by atoms with Gasteiger partial charge in [-0.15, -0.1) is 0 Å². The first-order valence-corrected chi connectivity index (χ1v) is 12.4. The number of imidazole rings is 1. The van der Waals surface area contributed by atoms with Gasteiger partial charge in [0.15, 0.2) is 11.5 Å². The number of nitrogens with one attached hydrogen (secondary N) is 2. The van der Waals surface area contributed by atoms with Crippen molar-refractivity contribution in [3.63, 3.8) is 0 Å². The number of aromatic amines is 1. The highest BCUT2D eigenvalue weighted by atomic mass is 19.1. The van der Waals surface area contributed by atoms with Gasteiger partial charge < -0.3 is 15.2 Å². The molecule has 192 valence electrons. The lowest BCUT2D eigenvalue weighted by molar-refractivity contribution is -0.126. The molecular formula is C28H21FN8O2. The number of fused-ring (bicyclic) bond motifs is 5. The molecule has 0 unspecified atom stereocenters. The largest absolute Gasteiger partial charge is 0.340 e. The smallest absolute Gasteiger partial charge is 0.243 e. The molecule has 0 saturated heterocycles. The summed E-state index contributed by atoms with van der Waals surface area (Å²) < 4.78 is 16.2. The second-order valence-electron chi connectivity index (χ2n) is 9.54. The lowest BCUT2D eigenvalue weighted by Gasteiger charge is -2.33. The summed E-state index contributed by atoms with van der Waals surface area (Å²) in [4.78, 5) is 45.0. The Bertz CT molecular complexity index is 1830. The Morgan fingerprint density at radius 2 is 1.95 bits per heavy atom. The number of rotatable bonds is 4. The molecule has 0 radical (unpaired) electrons. The number of benzene rings is 2. The molecule has 10 nitrogen and oxygen atoms in total. The van der Waals surface area contributed by atoms with Crippen LogP contribution in [0.25, 0.3) is 23.1 Å². The molecule has 0 bridgehead atoms. The van der Waals surface area contributed by atoms with Crippen LogP contribution in [0.4, 0.5) is 15.9 Å². The van der Waals surface area contributed by atoms with Gasteiger partial charge in [-0.2, -0.15) is 9.78 Å².